The molecule has 18 heavy (non-hydrogen) atoms. The Hall–Kier alpha value is -0.690. The maximum atomic E-state index is 11.1. The highest BCUT2D eigenvalue weighted by Crippen LogP contribution is 2.26. The molecule has 0 spiro atoms. The third kappa shape index (κ3) is 5.30. The van der Waals surface area contributed by atoms with E-state index < -0.39 is 5.79 Å². The molecule has 6 heteroatoms. The van der Waals surface area contributed by atoms with Crippen LogP contribution in [-0.2, 0) is 19.0 Å². The molecule has 106 valence electrons. The molecule has 0 radical (unpaired) electrons. The number of carbonyl (C=O) groups excluding carboxylic acids is 1. The van der Waals surface area contributed by atoms with Gasteiger partial charge in [-0.2, -0.15) is 0 Å². The first-order valence-electron chi connectivity index (χ1n) is 6.25. The summed E-state index contributed by atoms with van der Waals surface area (Å²) in [4.78, 5) is 11.1. The Morgan fingerprint density at radius 1 is 1.44 bits per heavy atom. The molecular weight excluding hydrogens is 238 g/mol. The second-order valence-electron chi connectivity index (χ2n) is 4.98. The Labute approximate surface area is 107 Å². The maximum absolute atomic E-state index is 11.1. The molecule has 3 N–H and O–H groups in total. The molecule has 1 saturated carbocycles. The average molecular weight is 261 g/mol. The van der Waals surface area contributed by atoms with Gasteiger partial charge in [0.15, 0.2) is 5.79 Å². The summed E-state index contributed by atoms with van der Waals surface area (Å²) in [6.45, 7) is 5.15. The van der Waals surface area contributed by atoms with Crippen molar-refractivity contribution in [2.45, 2.75) is 57.6 Å². The van der Waals surface area contributed by atoms with Crippen LogP contribution in [0.2, 0.25) is 0 Å². The van der Waals surface area contributed by atoms with Crippen LogP contribution in [0.3, 0.4) is 0 Å². The lowest BCUT2D eigenvalue weighted by Gasteiger charge is -2.25. The lowest BCUT2D eigenvalue weighted by atomic mass is 10.2. The first-order valence-corrected chi connectivity index (χ1v) is 6.25. The van der Waals surface area contributed by atoms with E-state index >= 15 is 0 Å². The van der Waals surface area contributed by atoms with E-state index in [9.17, 15) is 9.90 Å². The zero-order chi connectivity index (χ0) is 13.8. The molecule has 0 unspecified atom stereocenters. The quantitative estimate of drug-likeness (QED) is 0.523. The molecule has 0 saturated heterocycles. The fourth-order valence-electron chi connectivity index (χ4n) is 2.02. The molecule has 0 bridgehead atoms. The predicted molar refractivity (Wildman–Crippen MR) is 64.8 cm³/mol. The Bertz CT molecular complexity index is 276. The van der Waals surface area contributed by atoms with Crippen LogP contribution in [0.5, 0.6) is 0 Å². The van der Waals surface area contributed by atoms with Crippen molar-refractivity contribution in [2.75, 3.05) is 13.2 Å². The minimum absolute atomic E-state index is 0.0690. The molecule has 3 atom stereocenters. The van der Waals surface area contributed by atoms with Gasteiger partial charge >= 0.3 is 5.97 Å². The van der Waals surface area contributed by atoms with E-state index in [1.54, 1.807) is 20.8 Å². The van der Waals surface area contributed by atoms with Gasteiger partial charge in [0.1, 0.15) is 6.61 Å². The Morgan fingerprint density at radius 2 is 2.11 bits per heavy atom. The SMILES string of the molecule is CCOC(=O)CO[C@H]1C[C@@H](N)[C@H](OC(C)(C)O)C1. The second-order valence-corrected chi connectivity index (χ2v) is 4.98. The Kier molecular flexibility index (Phi) is 5.52. The van der Waals surface area contributed by atoms with Crippen molar-refractivity contribution < 1.29 is 24.1 Å². The van der Waals surface area contributed by atoms with Gasteiger partial charge in [-0.25, -0.2) is 4.79 Å². The van der Waals surface area contributed by atoms with Gasteiger partial charge in [-0.3, -0.25) is 0 Å². The Morgan fingerprint density at radius 3 is 2.67 bits per heavy atom. The fourth-order valence-corrected chi connectivity index (χ4v) is 2.02. The van der Waals surface area contributed by atoms with Gasteiger partial charge in [0, 0.05) is 12.5 Å². The summed E-state index contributed by atoms with van der Waals surface area (Å²) in [5.41, 5.74) is 5.91. The summed E-state index contributed by atoms with van der Waals surface area (Å²) in [6, 6.07) is -0.191. The van der Waals surface area contributed by atoms with Crippen molar-refractivity contribution in [3.63, 3.8) is 0 Å². The van der Waals surface area contributed by atoms with Crippen molar-refractivity contribution in [3.8, 4) is 0 Å². The van der Waals surface area contributed by atoms with Gasteiger partial charge in [-0.05, 0) is 27.2 Å². The van der Waals surface area contributed by atoms with Crippen molar-refractivity contribution in [2.24, 2.45) is 5.73 Å². The van der Waals surface area contributed by atoms with Crippen LogP contribution >= 0.6 is 0 Å². The largest absolute Gasteiger partial charge is 0.464 e. The summed E-state index contributed by atoms with van der Waals surface area (Å²) in [5, 5.41) is 9.58. The number of carbonyl (C=O) groups is 1. The zero-order valence-corrected chi connectivity index (χ0v) is 11.2. The summed E-state index contributed by atoms with van der Waals surface area (Å²) in [5.74, 6) is -1.59. The van der Waals surface area contributed by atoms with Gasteiger partial charge in [0.2, 0.25) is 0 Å². The van der Waals surface area contributed by atoms with Crippen LogP contribution in [0.25, 0.3) is 0 Å². The van der Waals surface area contributed by atoms with Crippen molar-refractivity contribution >= 4 is 5.97 Å². The van der Waals surface area contributed by atoms with E-state index in [-0.39, 0.29) is 30.8 Å². The number of nitrogens with two attached hydrogens (primary N) is 1. The first-order chi connectivity index (χ1) is 8.31. The smallest absolute Gasteiger partial charge is 0.332 e. The van der Waals surface area contributed by atoms with E-state index in [0.717, 1.165) is 0 Å². The average Bonchev–Trinajstić information content (AvgIpc) is 2.55. The van der Waals surface area contributed by atoms with Gasteiger partial charge < -0.3 is 25.1 Å². The van der Waals surface area contributed by atoms with Crippen LogP contribution in [-0.4, -0.2) is 48.3 Å². The molecule has 1 rings (SSSR count). The van der Waals surface area contributed by atoms with E-state index in [0.29, 0.717) is 19.4 Å². The first kappa shape index (κ1) is 15.4. The predicted octanol–water partition coefficient (Wildman–Crippen LogP) is 0.169. The topological polar surface area (TPSA) is 91.0 Å². The minimum Gasteiger partial charge on any atom is -0.464 e. The van der Waals surface area contributed by atoms with Gasteiger partial charge in [-0.1, -0.05) is 0 Å². The standard InChI is InChI=1S/C12H23NO5/c1-4-16-11(14)7-17-8-5-9(13)10(6-8)18-12(2,3)15/h8-10,15H,4-7,13H2,1-3H3/t8-,9+,10+/m0/s1. The summed E-state index contributed by atoms with van der Waals surface area (Å²) in [7, 11) is 0. The maximum Gasteiger partial charge on any atom is 0.332 e. The minimum atomic E-state index is -1.21. The van der Waals surface area contributed by atoms with Crippen LogP contribution in [0.4, 0.5) is 0 Å². The van der Waals surface area contributed by atoms with E-state index in [4.69, 9.17) is 19.9 Å². The summed E-state index contributed by atoms with van der Waals surface area (Å²) < 4.78 is 15.6. The fraction of sp³-hybridized carbons (Fsp3) is 0.917. The summed E-state index contributed by atoms with van der Waals surface area (Å²) >= 11 is 0. The van der Waals surface area contributed by atoms with E-state index in [2.05, 4.69) is 0 Å². The molecule has 6 nitrogen and oxygen atoms in total. The second kappa shape index (κ2) is 6.47. The normalized spacial score (nSPS) is 28.4. The van der Waals surface area contributed by atoms with E-state index in [1.165, 1.54) is 0 Å². The number of aliphatic hydroxyl groups is 1. The van der Waals surface area contributed by atoms with Gasteiger partial charge in [0.05, 0.1) is 18.8 Å². The highest BCUT2D eigenvalue weighted by molar-refractivity contribution is 5.70. The number of hydrogen-bond donors (Lipinski definition) is 2. The van der Waals surface area contributed by atoms with Crippen LogP contribution in [0, 0.1) is 0 Å². The lowest BCUT2D eigenvalue weighted by molar-refractivity contribution is -0.207. The third-order valence-electron chi connectivity index (χ3n) is 2.69. The highest BCUT2D eigenvalue weighted by Gasteiger charge is 2.36. The van der Waals surface area contributed by atoms with Crippen molar-refractivity contribution in [3.05, 3.63) is 0 Å². The molecule has 0 aliphatic heterocycles. The summed E-state index contributed by atoms with van der Waals surface area (Å²) in [6.07, 6.45) is 0.805. The van der Waals surface area contributed by atoms with Crippen molar-refractivity contribution in [1.82, 2.24) is 0 Å². The third-order valence-corrected chi connectivity index (χ3v) is 2.69. The molecule has 0 aromatic rings. The Balaban J connectivity index is 2.32. The molecule has 0 heterocycles. The van der Waals surface area contributed by atoms with Gasteiger partial charge in [0.25, 0.3) is 0 Å². The monoisotopic (exact) mass is 261 g/mol. The highest BCUT2D eigenvalue weighted by atomic mass is 16.6. The van der Waals surface area contributed by atoms with Crippen LogP contribution in [0.1, 0.15) is 33.6 Å². The molecule has 1 aliphatic carbocycles. The number of rotatable bonds is 6. The van der Waals surface area contributed by atoms with Crippen molar-refractivity contribution in [1.29, 1.82) is 0 Å². The number of hydrogen-bond acceptors (Lipinski definition) is 6. The zero-order valence-electron chi connectivity index (χ0n) is 11.2. The molecule has 0 amide bonds. The molecule has 0 aromatic carbocycles. The number of ether oxygens (including phenoxy) is 3. The molecule has 1 aliphatic rings. The lowest BCUT2D eigenvalue weighted by Crippen LogP contribution is -2.38. The van der Waals surface area contributed by atoms with E-state index in [1.807, 2.05) is 0 Å². The molecule has 0 aromatic heterocycles. The van der Waals surface area contributed by atoms with Crippen LogP contribution < -0.4 is 5.73 Å². The van der Waals surface area contributed by atoms with Crippen LogP contribution in [0.15, 0.2) is 0 Å². The molecular formula is C12H23NO5. The molecule has 1 fully saturated rings. The van der Waals surface area contributed by atoms with Gasteiger partial charge in [-0.15, -0.1) is 0 Å². The number of esters is 1.